The van der Waals surface area contributed by atoms with E-state index in [-0.39, 0.29) is 30.1 Å². The number of piperidine rings is 1. The summed E-state index contributed by atoms with van der Waals surface area (Å²) in [7, 11) is 0. The smallest absolute Gasteiger partial charge is 0.317 e. The Morgan fingerprint density at radius 3 is 2.84 bits per heavy atom. The summed E-state index contributed by atoms with van der Waals surface area (Å²) in [6, 6.07) is 9.38. The Kier molecular flexibility index (Phi) is 7.57. The van der Waals surface area contributed by atoms with Crippen LogP contribution in [0.25, 0.3) is 43.8 Å². The highest BCUT2D eigenvalue weighted by Gasteiger charge is 2.49. The van der Waals surface area contributed by atoms with E-state index >= 15 is 4.39 Å². The molecule has 4 fully saturated rings. The van der Waals surface area contributed by atoms with Gasteiger partial charge in [-0.1, -0.05) is 24.3 Å². The Labute approximate surface area is 282 Å². The number of nitrogens with one attached hydrogen (secondary N) is 1. The van der Waals surface area contributed by atoms with Gasteiger partial charge in [0.05, 0.1) is 34.6 Å². The molecule has 0 spiro atoms. The van der Waals surface area contributed by atoms with Crippen LogP contribution in [0.2, 0.25) is 0 Å². The molecule has 4 aliphatic rings. The summed E-state index contributed by atoms with van der Waals surface area (Å²) in [5.74, 6) is -0.605. The van der Waals surface area contributed by atoms with Gasteiger partial charge in [-0.15, -0.1) is 0 Å². The highest BCUT2D eigenvalue weighted by molar-refractivity contribution is 6.11. The van der Waals surface area contributed by atoms with Gasteiger partial charge < -0.3 is 19.9 Å². The average molecular weight is 670 g/mol. The number of hydrogen-bond donors (Lipinski definition) is 2. The number of aliphatic hydroxyl groups is 1. The maximum Gasteiger partial charge on any atom is 0.317 e. The zero-order valence-corrected chi connectivity index (χ0v) is 27.7. The first-order chi connectivity index (χ1) is 23.8. The fourth-order valence-electron chi connectivity index (χ4n) is 8.86. The fourth-order valence-corrected chi connectivity index (χ4v) is 8.86. The molecule has 256 valence electrons. The summed E-state index contributed by atoms with van der Waals surface area (Å²) in [5.41, 5.74) is 0.549. The van der Waals surface area contributed by atoms with Gasteiger partial charge in [0.25, 0.3) is 0 Å². The molecule has 4 saturated heterocycles. The standard InChI is InChI=1S/C37H41F2N7O3/c1-36(47)11-6-13-40-34(36)32-26-18-41-33(30(39)31(26)43-35(44-32)49-21-37-12-7-14-45(37)20-23(38)17-37)29-24-9-3-2-8-22(24)16-27-25(29)19-42-46(27)28-10-4-5-15-48-28/h2-3,8-9,16,18-19,23,28,34,40,47H,4-7,10-15,17,20-21H2,1H3/t23-,28?,34?,36?,37+/m1/s1. The van der Waals surface area contributed by atoms with Gasteiger partial charge >= 0.3 is 6.01 Å². The number of nitrogens with zero attached hydrogens (tertiary/aromatic N) is 6. The number of ether oxygens (including phenoxy) is 2. The fraction of sp³-hybridized carbons (Fsp3) is 0.514. The van der Waals surface area contributed by atoms with Crippen LogP contribution in [0.4, 0.5) is 8.78 Å². The van der Waals surface area contributed by atoms with E-state index in [9.17, 15) is 9.50 Å². The van der Waals surface area contributed by atoms with Crippen molar-refractivity contribution < 1.29 is 23.4 Å². The van der Waals surface area contributed by atoms with Gasteiger partial charge in [-0.3, -0.25) is 9.88 Å². The van der Waals surface area contributed by atoms with E-state index in [1.807, 2.05) is 28.9 Å². The van der Waals surface area contributed by atoms with Gasteiger partial charge in [0.2, 0.25) is 0 Å². The van der Waals surface area contributed by atoms with Gasteiger partial charge in [-0.25, -0.2) is 13.5 Å². The van der Waals surface area contributed by atoms with Crippen LogP contribution >= 0.6 is 0 Å². The number of alkyl halides is 1. The Morgan fingerprint density at radius 2 is 1.98 bits per heavy atom. The summed E-state index contributed by atoms with van der Waals surface area (Å²) < 4.78 is 46.2. The number of hydrogen-bond acceptors (Lipinski definition) is 9. The average Bonchev–Trinajstić information content (AvgIpc) is 3.79. The van der Waals surface area contributed by atoms with Crippen LogP contribution in [0.15, 0.2) is 42.7 Å². The number of pyridine rings is 1. The van der Waals surface area contributed by atoms with E-state index in [0.29, 0.717) is 49.2 Å². The normalized spacial score (nSPS) is 29.3. The zero-order valence-electron chi connectivity index (χ0n) is 27.7. The third-order valence-electron chi connectivity index (χ3n) is 11.3. The highest BCUT2D eigenvalue weighted by atomic mass is 19.1. The molecule has 7 heterocycles. The zero-order chi connectivity index (χ0) is 33.3. The van der Waals surface area contributed by atoms with E-state index in [0.717, 1.165) is 66.7 Å². The molecule has 3 unspecified atom stereocenters. The molecule has 0 amide bonds. The summed E-state index contributed by atoms with van der Waals surface area (Å²) in [6.45, 7) is 4.56. The minimum absolute atomic E-state index is 0.00981. The highest BCUT2D eigenvalue weighted by Crippen LogP contribution is 2.43. The van der Waals surface area contributed by atoms with Crippen LogP contribution in [-0.4, -0.2) is 84.9 Å². The monoisotopic (exact) mass is 669 g/mol. The molecule has 12 heteroatoms. The lowest BCUT2D eigenvalue weighted by Crippen LogP contribution is -2.47. The van der Waals surface area contributed by atoms with Gasteiger partial charge in [-0.2, -0.15) is 15.1 Å². The summed E-state index contributed by atoms with van der Waals surface area (Å²) in [6.07, 6.45) is 8.76. The molecule has 9 rings (SSSR count). The molecule has 5 aromatic rings. The van der Waals surface area contributed by atoms with Crippen molar-refractivity contribution in [2.75, 3.05) is 32.8 Å². The maximum atomic E-state index is 17.3. The van der Waals surface area contributed by atoms with Gasteiger partial charge in [-0.05, 0) is 81.8 Å². The molecule has 4 aliphatic heterocycles. The largest absolute Gasteiger partial charge is 0.461 e. The molecule has 0 saturated carbocycles. The molecule has 3 aromatic heterocycles. The molecule has 2 N–H and O–H groups in total. The van der Waals surface area contributed by atoms with Crippen molar-refractivity contribution in [2.45, 2.75) is 87.9 Å². The molecule has 0 aliphatic carbocycles. The number of halogens is 2. The van der Waals surface area contributed by atoms with E-state index in [1.54, 1.807) is 19.3 Å². The van der Waals surface area contributed by atoms with Gasteiger partial charge in [0.15, 0.2) is 12.0 Å². The molecule has 0 bridgehead atoms. The number of aromatic nitrogens is 5. The Balaban J connectivity index is 1.21. The van der Waals surface area contributed by atoms with E-state index in [4.69, 9.17) is 24.5 Å². The lowest BCUT2D eigenvalue weighted by molar-refractivity contribution is -0.0366. The second kappa shape index (κ2) is 11.9. The summed E-state index contributed by atoms with van der Waals surface area (Å²) >= 11 is 0. The third kappa shape index (κ3) is 5.17. The molecule has 5 atom stereocenters. The lowest BCUT2D eigenvalue weighted by atomic mass is 9.84. The molecular weight excluding hydrogens is 628 g/mol. The van der Waals surface area contributed by atoms with Crippen molar-refractivity contribution in [2.24, 2.45) is 0 Å². The maximum absolute atomic E-state index is 17.3. The van der Waals surface area contributed by atoms with Crippen LogP contribution in [0.5, 0.6) is 6.01 Å². The predicted molar refractivity (Wildman–Crippen MR) is 182 cm³/mol. The van der Waals surface area contributed by atoms with Crippen LogP contribution in [0, 0.1) is 5.82 Å². The first-order valence-electron chi connectivity index (χ1n) is 17.7. The Hall–Kier alpha value is -3.84. The minimum Gasteiger partial charge on any atom is -0.461 e. The van der Waals surface area contributed by atoms with Crippen molar-refractivity contribution in [3.63, 3.8) is 0 Å². The number of benzene rings is 2. The van der Waals surface area contributed by atoms with E-state index in [2.05, 4.69) is 21.3 Å². The van der Waals surface area contributed by atoms with Crippen molar-refractivity contribution in [3.05, 3.63) is 54.2 Å². The predicted octanol–water partition coefficient (Wildman–Crippen LogP) is 6.16. The Bertz CT molecular complexity index is 2070. The first-order valence-corrected chi connectivity index (χ1v) is 17.7. The van der Waals surface area contributed by atoms with Gasteiger partial charge in [0, 0.05) is 42.1 Å². The van der Waals surface area contributed by atoms with E-state index < -0.39 is 29.2 Å². The van der Waals surface area contributed by atoms with Crippen LogP contribution in [-0.2, 0) is 4.74 Å². The van der Waals surface area contributed by atoms with Crippen molar-refractivity contribution in [3.8, 4) is 17.3 Å². The van der Waals surface area contributed by atoms with Crippen molar-refractivity contribution in [1.29, 1.82) is 0 Å². The summed E-state index contributed by atoms with van der Waals surface area (Å²) in [4.78, 5) is 16.4. The Morgan fingerprint density at radius 1 is 1.08 bits per heavy atom. The van der Waals surface area contributed by atoms with Crippen LogP contribution in [0.1, 0.15) is 76.3 Å². The number of rotatable bonds is 6. The second-order valence-corrected chi connectivity index (χ2v) is 14.6. The second-order valence-electron chi connectivity index (χ2n) is 14.6. The molecular formula is C37H41F2N7O3. The van der Waals surface area contributed by atoms with Crippen molar-refractivity contribution >= 4 is 32.6 Å². The minimum atomic E-state index is -1.14. The number of fused-ring (bicyclic) bond motifs is 4. The van der Waals surface area contributed by atoms with Crippen LogP contribution in [0.3, 0.4) is 0 Å². The third-order valence-corrected chi connectivity index (χ3v) is 11.3. The molecule has 49 heavy (non-hydrogen) atoms. The summed E-state index contributed by atoms with van der Waals surface area (Å²) in [5, 5.41) is 22.6. The van der Waals surface area contributed by atoms with Crippen LogP contribution < -0.4 is 10.1 Å². The van der Waals surface area contributed by atoms with Gasteiger partial charge in [0.1, 0.15) is 24.0 Å². The lowest BCUT2D eigenvalue weighted by Gasteiger charge is -2.38. The topological polar surface area (TPSA) is 110 Å². The SMILES string of the molecule is CC1(O)CCCNC1c1nc(OC[C@@]23CCCN2C[C@H](F)C3)nc2c(F)c(-c3c4ccccc4cc4c3cnn4C3CCCCO3)ncc12. The quantitative estimate of drug-likeness (QED) is 0.220. The molecule has 0 radical (unpaired) electrons. The molecule has 10 nitrogen and oxygen atoms in total. The first kappa shape index (κ1) is 31.2. The van der Waals surface area contributed by atoms with E-state index in [1.165, 1.54) is 0 Å². The van der Waals surface area contributed by atoms with Crippen molar-refractivity contribution in [1.82, 2.24) is 34.9 Å². The molecule has 2 aromatic carbocycles.